The van der Waals surface area contributed by atoms with Crippen LogP contribution < -0.4 is 10.3 Å². The van der Waals surface area contributed by atoms with Gasteiger partial charge in [-0.05, 0) is 90.9 Å². The Morgan fingerprint density at radius 2 is 1.54 bits per heavy atom. The molecule has 4 aromatic carbocycles. The molecule has 10 nitrogen and oxygen atoms in total. The number of nitrogens with zero attached hydrogens (tertiary/aromatic N) is 3. The van der Waals surface area contributed by atoms with E-state index in [4.69, 9.17) is 23.2 Å². The number of imide groups is 2. The molecule has 2 N–H and O–H groups in total. The molecule has 61 heavy (non-hydrogen) atoms. The molecule has 2 aliphatic carbocycles. The summed E-state index contributed by atoms with van der Waals surface area (Å²) >= 11 is 12.6. The number of hydrogen-bond donors (Lipinski definition) is 2. The Balaban J connectivity index is 1.15. The van der Waals surface area contributed by atoms with Crippen molar-refractivity contribution in [2.24, 2.45) is 23.7 Å². The van der Waals surface area contributed by atoms with Crippen LogP contribution in [0.5, 0.6) is 5.75 Å². The summed E-state index contributed by atoms with van der Waals surface area (Å²) in [6.07, 6.45) is -2.31. The van der Waals surface area contributed by atoms with Gasteiger partial charge in [0.05, 0.1) is 39.4 Å². The van der Waals surface area contributed by atoms with Gasteiger partial charge in [-0.2, -0.15) is 18.2 Å². The van der Waals surface area contributed by atoms with Crippen LogP contribution in [-0.2, 0) is 30.8 Å². The van der Waals surface area contributed by atoms with Gasteiger partial charge in [-0.3, -0.25) is 34.3 Å². The van der Waals surface area contributed by atoms with Crippen molar-refractivity contribution >= 4 is 64.1 Å². The van der Waals surface area contributed by atoms with Crippen molar-refractivity contribution in [1.29, 1.82) is 0 Å². The largest absolute Gasteiger partial charge is 0.508 e. The molecule has 15 heteroatoms. The standard InChI is InChI=1S/C46H33Cl2F3N4O6/c1-23-19-26(9-18-36(23)56)38-31-16-17-32-37(43(60)54(41(32)58)30-14-7-25(8-15-30)39(57)24-5-3-2-4-6-24)33(31)21-34-42(59)55(44(61)45(34,38)27-10-12-29(47)13-11-27)53-40-35(48)20-28(22-52-40)46(49,50)51/h2-16,18-20,22,32-34,37-38,56H,17,21H2,1H3,(H,52,53)/t32-,33+,34-,37-,38-,45+/m0/s1. The summed E-state index contributed by atoms with van der Waals surface area (Å²) in [7, 11) is 0. The van der Waals surface area contributed by atoms with Crippen LogP contribution in [0.25, 0.3) is 0 Å². The molecule has 4 aliphatic rings. The maximum Gasteiger partial charge on any atom is 0.417 e. The Hall–Kier alpha value is -6.31. The summed E-state index contributed by atoms with van der Waals surface area (Å²) < 4.78 is 40.6. The highest BCUT2D eigenvalue weighted by molar-refractivity contribution is 6.33. The smallest absolute Gasteiger partial charge is 0.417 e. The predicted molar refractivity (Wildman–Crippen MR) is 219 cm³/mol. The molecule has 0 unspecified atom stereocenters. The zero-order valence-corrected chi connectivity index (χ0v) is 33.5. The first-order chi connectivity index (χ1) is 29.1. The van der Waals surface area contributed by atoms with Gasteiger partial charge < -0.3 is 5.11 Å². The van der Waals surface area contributed by atoms with E-state index in [0.29, 0.717) is 50.7 Å². The second-order valence-corrected chi connectivity index (χ2v) is 16.6. The zero-order chi connectivity index (χ0) is 43.1. The van der Waals surface area contributed by atoms with Crippen LogP contribution in [0.15, 0.2) is 121 Å². The van der Waals surface area contributed by atoms with Crippen molar-refractivity contribution in [3.8, 4) is 5.75 Å². The third-order valence-corrected chi connectivity index (χ3v) is 13.1. The first kappa shape index (κ1) is 40.1. The summed E-state index contributed by atoms with van der Waals surface area (Å²) in [5, 5.41) is 11.2. The Morgan fingerprint density at radius 3 is 2.20 bits per heavy atom. The second-order valence-electron chi connectivity index (χ2n) is 15.7. The van der Waals surface area contributed by atoms with E-state index in [1.54, 1.807) is 97.9 Å². The third kappa shape index (κ3) is 6.32. The fourth-order valence-corrected chi connectivity index (χ4v) is 10.1. The molecular weight excluding hydrogens is 832 g/mol. The van der Waals surface area contributed by atoms with Crippen molar-refractivity contribution in [3.63, 3.8) is 0 Å². The van der Waals surface area contributed by atoms with E-state index < -0.39 is 75.4 Å². The van der Waals surface area contributed by atoms with Crippen LogP contribution in [0.3, 0.4) is 0 Å². The van der Waals surface area contributed by atoms with Crippen LogP contribution in [0.1, 0.15) is 56.9 Å². The number of allylic oxidation sites excluding steroid dienone is 2. The van der Waals surface area contributed by atoms with Crippen molar-refractivity contribution in [2.45, 2.75) is 37.3 Å². The number of fused-ring (bicyclic) bond motifs is 4. The number of carbonyl (C=O) groups excluding carboxylic acids is 5. The minimum Gasteiger partial charge on any atom is -0.508 e. The van der Waals surface area contributed by atoms with E-state index in [1.165, 1.54) is 6.07 Å². The Labute approximate surface area is 356 Å². The molecule has 1 saturated carbocycles. The molecule has 308 valence electrons. The normalized spacial score (nSPS) is 24.6. The van der Waals surface area contributed by atoms with E-state index in [9.17, 15) is 37.5 Å². The number of alkyl halides is 3. The number of nitrogens with one attached hydrogen (secondary N) is 1. The van der Waals surface area contributed by atoms with Gasteiger partial charge in [-0.15, -0.1) is 0 Å². The van der Waals surface area contributed by atoms with Gasteiger partial charge in [0, 0.05) is 28.3 Å². The Bertz CT molecular complexity index is 2710. The van der Waals surface area contributed by atoms with Gasteiger partial charge in [0.2, 0.25) is 11.8 Å². The number of pyridine rings is 1. The van der Waals surface area contributed by atoms with Gasteiger partial charge in [0.1, 0.15) is 5.75 Å². The van der Waals surface area contributed by atoms with Crippen molar-refractivity contribution in [1.82, 2.24) is 9.99 Å². The Kier molecular flexibility index (Phi) is 9.67. The van der Waals surface area contributed by atoms with E-state index in [-0.39, 0.29) is 35.9 Å². The third-order valence-electron chi connectivity index (χ3n) is 12.5. The molecule has 9 rings (SSSR count). The molecule has 0 bridgehead atoms. The lowest BCUT2D eigenvalue weighted by Crippen LogP contribution is -2.53. The summed E-state index contributed by atoms with van der Waals surface area (Å²) in [4.78, 5) is 77.4. The minimum absolute atomic E-state index is 0.0188. The fraction of sp³-hybridized carbons (Fsp3) is 0.217. The number of carbonyl (C=O) groups is 5. The number of halogens is 5. The number of aromatic hydroxyl groups is 1. The lowest BCUT2D eigenvalue weighted by Gasteiger charge is -2.50. The molecule has 2 saturated heterocycles. The molecule has 0 radical (unpaired) electrons. The number of phenols is 1. The number of amides is 4. The first-order valence-corrected chi connectivity index (χ1v) is 20.1. The monoisotopic (exact) mass is 864 g/mol. The van der Waals surface area contributed by atoms with Crippen molar-refractivity contribution in [2.75, 3.05) is 10.3 Å². The van der Waals surface area contributed by atoms with Gasteiger partial charge >= 0.3 is 6.18 Å². The lowest BCUT2D eigenvalue weighted by molar-refractivity contribution is -0.139. The van der Waals surface area contributed by atoms with E-state index in [0.717, 1.165) is 9.91 Å². The molecular formula is C46H33Cl2F3N4O6. The molecule has 2 aliphatic heterocycles. The van der Waals surface area contributed by atoms with Gasteiger partial charge in [0.15, 0.2) is 11.6 Å². The van der Waals surface area contributed by atoms with Crippen molar-refractivity contribution < 1.29 is 42.3 Å². The molecule has 0 spiro atoms. The molecule has 4 amide bonds. The molecule has 5 aromatic rings. The number of ketones is 1. The van der Waals surface area contributed by atoms with Crippen LogP contribution >= 0.6 is 23.2 Å². The number of hydrogen-bond acceptors (Lipinski definition) is 8. The molecule has 3 fully saturated rings. The summed E-state index contributed by atoms with van der Waals surface area (Å²) in [6, 6.07) is 26.8. The number of phenolic OH excluding ortho intramolecular Hbond substituents is 1. The highest BCUT2D eigenvalue weighted by atomic mass is 35.5. The summed E-state index contributed by atoms with van der Waals surface area (Å²) in [5.41, 5.74) is 2.90. The number of aromatic nitrogens is 1. The number of rotatable bonds is 7. The van der Waals surface area contributed by atoms with Gasteiger partial charge in [0.25, 0.3) is 11.8 Å². The van der Waals surface area contributed by atoms with Crippen molar-refractivity contribution in [3.05, 3.63) is 164 Å². The van der Waals surface area contributed by atoms with E-state index in [2.05, 4.69) is 10.4 Å². The number of hydrazine groups is 1. The fourth-order valence-electron chi connectivity index (χ4n) is 9.79. The maximum atomic E-state index is 15.4. The highest BCUT2D eigenvalue weighted by Gasteiger charge is 2.70. The first-order valence-electron chi connectivity index (χ1n) is 19.3. The number of benzene rings is 4. The van der Waals surface area contributed by atoms with Crippen LogP contribution in [0.2, 0.25) is 10.0 Å². The average Bonchev–Trinajstić information content (AvgIpc) is 3.63. The van der Waals surface area contributed by atoms with E-state index in [1.807, 2.05) is 6.08 Å². The molecule has 3 heterocycles. The number of anilines is 2. The summed E-state index contributed by atoms with van der Waals surface area (Å²) in [5.74, 6) is -7.76. The second kappa shape index (κ2) is 14.7. The maximum absolute atomic E-state index is 15.4. The van der Waals surface area contributed by atoms with Gasteiger partial charge in [-0.25, -0.2) is 4.98 Å². The predicted octanol–water partition coefficient (Wildman–Crippen LogP) is 8.84. The molecule has 6 atom stereocenters. The lowest BCUT2D eigenvalue weighted by atomic mass is 9.49. The Morgan fingerprint density at radius 1 is 0.852 bits per heavy atom. The quantitative estimate of drug-likeness (QED) is 0.0942. The topological polar surface area (TPSA) is 137 Å². The van der Waals surface area contributed by atoms with Crippen LogP contribution in [-0.4, -0.2) is 44.5 Å². The average molecular weight is 866 g/mol. The summed E-state index contributed by atoms with van der Waals surface area (Å²) in [6.45, 7) is 1.68. The zero-order valence-electron chi connectivity index (χ0n) is 32.0. The SMILES string of the molecule is Cc1cc([C@H]2C3=CC[C@@H]4C(=O)N(c5ccc(C(=O)c6ccccc6)cc5)C(=O)[C@@H]4[C@@H]3C[C@H]3C(=O)N(Nc4ncc(C(F)(F)F)cc4Cl)C(=O)[C@@]23c2ccc(Cl)cc2)ccc1O. The molecule has 1 aromatic heterocycles. The van der Waals surface area contributed by atoms with E-state index >= 15 is 4.79 Å². The minimum atomic E-state index is -4.76. The van der Waals surface area contributed by atoms with Gasteiger partial charge in [-0.1, -0.05) is 89.4 Å². The van der Waals surface area contributed by atoms with Crippen LogP contribution in [0, 0.1) is 30.6 Å². The van der Waals surface area contributed by atoms with Crippen LogP contribution in [0.4, 0.5) is 24.7 Å². The highest BCUT2D eigenvalue weighted by Crippen LogP contribution is 2.64. The number of aryl methyl sites for hydroxylation is 1.